The van der Waals surface area contributed by atoms with Crippen LogP contribution in [0.15, 0.2) is 24.3 Å². The second-order valence-electron chi connectivity index (χ2n) is 2.38. The summed E-state index contributed by atoms with van der Waals surface area (Å²) in [6.07, 6.45) is 1.10. The highest BCUT2D eigenvalue weighted by Gasteiger charge is 2.05. The number of hydrogen-bond acceptors (Lipinski definition) is 2. The van der Waals surface area contributed by atoms with Crippen LogP contribution < -0.4 is 0 Å². The van der Waals surface area contributed by atoms with Crippen molar-refractivity contribution in [3.63, 3.8) is 0 Å². The normalized spacial score (nSPS) is 12.4. The van der Waals surface area contributed by atoms with Gasteiger partial charge in [-0.3, -0.25) is 0 Å². The van der Waals surface area contributed by atoms with E-state index in [0.29, 0.717) is 6.61 Å². The molecular formula is C10H12NO. The quantitative estimate of drug-likeness (QED) is 0.676. The van der Waals surface area contributed by atoms with Crippen LogP contribution in [0.1, 0.15) is 18.6 Å². The zero-order valence-corrected chi connectivity index (χ0v) is 7.08. The van der Waals surface area contributed by atoms with Gasteiger partial charge in [0.25, 0.3) is 0 Å². The molecule has 0 amide bonds. The molecule has 1 aromatic rings. The summed E-state index contributed by atoms with van der Waals surface area (Å²) in [4.78, 5) is 0. The van der Waals surface area contributed by atoms with Crippen molar-refractivity contribution in [3.8, 4) is 0 Å². The molecule has 0 fully saturated rings. The summed E-state index contributed by atoms with van der Waals surface area (Å²) < 4.78 is 5.32. The topological polar surface area (TPSA) is 33.1 Å². The second kappa shape index (κ2) is 4.67. The molecule has 0 aliphatic carbocycles. The third-order valence-electron chi connectivity index (χ3n) is 1.57. The standard InChI is InChI=1S/C10H12NO/c1-2-12-10(8-11)9-6-4-3-5-7-9/h4-8,10-11H,2H2,1H3. The first-order valence-electron chi connectivity index (χ1n) is 3.96. The van der Waals surface area contributed by atoms with Crippen LogP contribution in [0, 0.1) is 11.5 Å². The zero-order valence-electron chi connectivity index (χ0n) is 7.08. The average molecular weight is 162 g/mol. The van der Waals surface area contributed by atoms with Gasteiger partial charge in [0, 0.05) is 12.8 Å². The number of rotatable bonds is 4. The fraction of sp³-hybridized carbons (Fsp3) is 0.300. The molecule has 2 nitrogen and oxygen atoms in total. The number of nitrogens with one attached hydrogen (secondary N) is 1. The van der Waals surface area contributed by atoms with Gasteiger partial charge < -0.3 is 10.1 Å². The van der Waals surface area contributed by atoms with Crippen LogP contribution >= 0.6 is 0 Å². The molecular weight excluding hydrogens is 150 g/mol. The van der Waals surface area contributed by atoms with E-state index < -0.39 is 0 Å². The van der Waals surface area contributed by atoms with E-state index in [1.165, 1.54) is 6.21 Å². The Balaban J connectivity index is 2.73. The van der Waals surface area contributed by atoms with Gasteiger partial charge in [0.05, 0.1) is 0 Å². The molecule has 0 aliphatic heterocycles. The largest absolute Gasteiger partial charge is 0.368 e. The van der Waals surface area contributed by atoms with Crippen LogP contribution in [0.5, 0.6) is 0 Å². The van der Waals surface area contributed by atoms with Crippen molar-refractivity contribution in [3.05, 3.63) is 35.9 Å². The van der Waals surface area contributed by atoms with Gasteiger partial charge in [-0.15, -0.1) is 0 Å². The summed E-state index contributed by atoms with van der Waals surface area (Å²) in [6, 6.07) is 10.4. The third-order valence-corrected chi connectivity index (χ3v) is 1.57. The maximum absolute atomic E-state index is 7.14. The van der Waals surface area contributed by atoms with E-state index in [1.807, 2.05) is 31.2 Å². The second-order valence-corrected chi connectivity index (χ2v) is 2.38. The highest BCUT2D eigenvalue weighted by molar-refractivity contribution is 5.62. The van der Waals surface area contributed by atoms with E-state index >= 15 is 0 Å². The van der Waals surface area contributed by atoms with E-state index in [0.717, 1.165) is 5.56 Å². The maximum atomic E-state index is 7.14. The number of benzene rings is 1. The summed E-state index contributed by atoms with van der Waals surface area (Å²) in [5.74, 6) is 0. The minimum atomic E-state index is -0.204. The van der Waals surface area contributed by atoms with Crippen LogP contribution in [0.3, 0.4) is 0 Å². The summed E-state index contributed by atoms with van der Waals surface area (Å²) in [7, 11) is 0. The van der Waals surface area contributed by atoms with E-state index in [-0.39, 0.29) is 6.10 Å². The van der Waals surface area contributed by atoms with Crippen molar-refractivity contribution < 1.29 is 4.74 Å². The van der Waals surface area contributed by atoms with Crippen LogP contribution in [0.25, 0.3) is 0 Å². The number of hydrogen-bond donors (Lipinski definition) is 1. The van der Waals surface area contributed by atoms with Crippen molar-refractivity contribution in [2.45, 2.75) is 13.0 Å². The maximum Gasteiger partial charge on any atom is 0.117 e. The molecule has 0 spiro atoms. The van der Waals surface area contributed by atoms with Crippen LogP contribution in [-0.2, 0) is 4.74 Å². The first kappa shape index (κ1) is 8.94. The van der Waals surface area contributed by atoms with E-state index in [9.17, 15) is 0 Å². The fourth-order valence-corrected chi connectivity index (χ4v) is 1.01. The van der Waals surface area contributed by atoms with Crippen LogP contribution in [0.2, 0.25) is 0 Å². The van der Waals surface area contributed by atoms with Crippen molar-refractivity contribution in [2.24, 2.45) is 0 Å². The Kier molecular flexibility index (Phi) is 3.48. The lowest BCUT2D eigenvalue weighted by atomic mass is 10.1. The summed E-state index contributed by atoms with van der Waals surface area (Å²) in [5, 5.41) is 7.14. The first-order chi connectivity index (χ1) is 5.88. The predicted molar refractivity (Wildman–Crippen MR) is 48.4 cm³/mol. The molecule has 63 valence electrons. The molecule has 0 saturated carbocycles. The molecule has 0 bridgehead atoms. The molecule has 0 aliphatic rings. The molecule has 1 aromatic carbocycles. The summed E-state index contributed by atoms with van der Waals surface area (Å²) in [5.41, 5.74) is 1.01. The first-order valence-corrected chi connectivity index (χ1v) is 3.96. The molecule has 0 heterocycles. The van der Waals surface area contributed by atoms with Crippen molar-refractivity contribution in [2.75, 3.05) is 6.61 Å². The molecule has 0 saturated heterocycles. The molecule has 1 rings (SSSR count). The highest BCUT2D eigenvalue weighted by Crippen LogP contribution is 2.13. The summed E-state index contributed by atoms with van der Waals surface area (Å²) >= 11 is 0. The van der Waals surface area contributed by atoms with Crippen LogP contribution in [-0.4, -0.2) is 12.8 Å². The smallest absolute Gasteiger partial charge is 0.117 e. The van der Waals surface area contributed by atoms with E-state index in [2.05, 4.69) is 6.07 Å². The third kappa shape index (κ3) is 2.17. The molecule has 1 unspecified atom stereocenters. The summed E-state index contributed by atoms with van der Waals surface area (Å²) in [6.45, 7) is 2.55. The Morgan fingerprint density at radius 1 is 1.58 bits per heavy atom. The fourth-order valence-electron chi connectivity index (χ4n) is 1.01. The van der Waals surface area contributed by atoms with Crippen LogP contribution in [0.4, 0.5) is 0 Å². The lowest BCUT2D eigenvalue weighted by Gasteiger charge is -2.10. The Morgan fingerprint density at radius 2 is 2.25 bits per heavy atom. The SMILES string of the molecule is CCOC(C=N)c1cc[c]cc1. The van der Waals surface area contributed by atoms with E-state index in [1.54, 1.807) is 0 Å². The van der Waals surface area contributed by atoms with Gasteiger partial charge in [0.15, 0.2) is 0 Å². The Bertz CT molecular complexity index is 233. The minimum Gasteiger partial charge on any atom is -0.368 e. The zero-order chi connectivity index (χ0) is 8.81. The molecule has 1 atom stereocenters. The lowest BCUT2D eigenvalue weighted by molar-refractivity contribution is 0.113. The van der Waals surface area contributed by atoms with Crippen molar-refractivity contribution in [1.82, 2.24) is 0 Å². The minimum absolute atomic E-state index is 0.204. The molecule has 1 radical (unpaired) electrons. The van der Waals surface area contributed by atoms with Crippen molar-refractivity contribution in [1.29, 1.82) is 5.41 Å². The number of ether oxygens (including phenoxy) is 1. The predicted octanol–water partition coefficient (Wildman–Crippen LogP) is 2.21. The van der Waals surface area contributed by atoms with E-state index in [4.69, 9.17) is 10.1 Å². The average Bonchev–Trinajstić information content (AvgIpc) is 2.15. The Labute approximate surface area is 72.7 Å². The van der Waals surface area contributed by atoms with Gasteiger partial charge in [-0.2, -0.15) is 0 Å². The van der Waals surface area contributed by atoms with Gasteiger partial charge in [-0.05, 0) is 18.6 Å². The van der Waals surface area contributed by atoms with Gasteiger partial charge in [0.1, 0.15) is 6.10 Å². The van der Waals surface area contributed by atoms with Gasteiger partial charge in [-0.1, -0.05) is 24.3 Å². The van der Waals surface area contributed by atoms with Gasteiger partial charge in [0.2, 0.25) is 0 Å². The Hall–Kier alpha value is -1.15. The molecule has 0 aromatic heterocycles. The monoisotopic (exact) mass is 162 g/mol. The van der Waals surface area contributed by atoms with Crippen molar-refractivity contribution >= 4 is 6.21 Å². The lowest BCUT2D eigenvalue weighted by Crippen LogP contribution is -2.04. The highest BCUT2D eigenvalue weighted by atomic mass is 16.5. The molecule has 1 N–H and O–H groups in total. The molecule has 12 heavy (non-hydrogen) atoms. The van der Waals surface area contributed by atoms with Gasteiger partial charge >= 0.3 is 0 Å². The van der Waals surface area contributed by atoms with Gasteiger partial charge in [-0.25, -0.2) is 0 Å². The Morgan fingerprint density at radius 3 is 2.75 bits per heavy atom. The molecule has 2 heteroatoms.